The summed E-state index contributed by atoms with van der Waals surface area (Å²) >= 11 is 1.63. The first-order chi connectivity index (χ1) is 14.1. The largest absolute Gasteiger partial charge is 0.416 e. The quantitative estimate of drug-likeness (QED) is 0.644. The lowest BCUT2D eigenvalue weighted by molar-refractivity contribution is -0.143. The molecule has 0 N–H and O–H groups in total. The summed E-state index contributed by atoms with van der Waals surface area (Å²) < 4.78 is 84.4. The molecule has 1 amide bonds. The molecule has 2 saturated heterocycles. The van der Waals surface area contributed by atoms with Crippen molar-refractivity contribution >= 4 is 17.7 Å². The monoisotopic (exact) mass is 456 g/mol. The zero-order valence-corrected chi connectivity index (χ0v) is 16.9. The summed E-state index contributed by atoms with van der Waals surface area (Å²) in [6.45, 7) is 3.24. The third kappa shape index (κ3) is 5.82. The number of rotatable bonds is 3. The molecule has 168 valence electrons. The van der Waals surface area contributed by atoms with Crippen LogP contribution in [-0.4, -0.2) is 72.6 Å². The molecule has 3 rings (SSSR count). The zero-order chi connectivity index (χ0) is 21.9. The van der Waals surface area contributed by atoms with Crippen LogP contribution in [0.15, 0.2) is 18.2 Å². The van der Waals surface area contributed by atoms with Crippen LogP contribution in [0.1, 0.15) is 27.9 Å². The van der Waals surface area contributed by atoms with E-state index in [4.69, 9.17) is 4.74 Å². The predicted octanol–water partition coefficient (Wildman–Crippen LogP) is 4.00. The van der Waals surface area contributed by atoms with Gasteiger partial charge in [0.1, 0.15) is 0 Å². The lowest BCUT2D eigenvalue weighted by Crippen LogP contribution is -2.50. The Balaban J connectivity index is 1.91. The molecular formula is C19H22F6N2O2S. The number of hydrogen-bond donors (Lipinski definition) is 0. The van der Waals surface area contributed by atoms with Gasteiger partial charge < -0.3 is 9.64 Å². The van der Waals surface area contributed by atoms with Gasteiger partial charge in [-0.15, -0.1) is 0 Å². The molecule has 1 aromatic rings. The first kappa shape index (κ1) is 23.2. The second-order valence-corrected chi connectivity index (χ2v) is 8.44. The maximum Gasteiger partial charge on any atom is 0.416 e. The fraction of sp³-hybridized carbons (Fsp3) is 0.632. The summed E-state index contributed by atoms with van der Waals surface area (Å²) in [6, 6.07) is 0.773. The van der Waals surface area contributed by atoms with Gasteiger partial charge in [-0.3, -0.25) is 9.69 Å². The molecule has 1 unspecified atom stereocenters. The molecule has 0 spiro atoms. The van der Waals surface area contributed by atoms with Crippen LogP contribution in [0.25, 0.3) is 0 Å². The molecule has 4 nitrogen and oxygen atoms in total. The molecule has 2 aliphatic rings. The normalized spacial score (nSPS) is 22.1. The number of alkyl halides is 6. The fourth-order valence-electron chi connectivity index (χ4n) is 3.57. The van der Waals surface area contributed by atoms with Gasteiger partial charge in [-0.1, -0.05) is 0 Å². The summed E-state index contributed by atoms with van der Waals surface area (Å²) in [7, 11) is 0. The van der Waals surface area contributed by atoms with E-state index in [2.05, 4.69) is 4.90 Å². The molecule has 1 aromatic carbocycles. The number of halogens is 6. The molecule has 2 fully saturated rings. The molecular weight excluding hydrogens is 434 g/mol. The van der Waals surface area contributed by atoms with E-state index in [0.717, 1.165) is 5.75 Å². The van der Waals surface area contributed by atoms with Crippen LogP contribution in [0.4, 0.5) is 26.3 Å². The number of carbonyl (C=O) groups excluding carboxylic acids is 1. The van der Waals surface area contributed by atoms with Crippen LogP contribution in [0.5, 0.6) is 0 Å². The van der Waals surface area contributed by atoms with E-state index in [9.17, 15) is 31.1 Å². The Kier molecular flexibility index (Phi) is 7.24. The molecule has 0 saturated carbocycles. The Morgan fingerprint density at radius 1 is 1.00 bits per heavy atom. The predicted molar refractivity (Wildman–Crippen MR) is 100 cm³/mol. The van der Waals surface area contributed by atoms with Crippen molar-refractivity contribution in [2.75, 3.05) is 50.9 Å². The van der Waals surface area contributed by atoms with Crippen LogP contribution in [0, 0.1) is 0 Å². The van der Waals surface area contributed by atoms with Crippen molar-refractivity contribution in [1.82, 2.24) is 9.80 Å². The highest BCUT2D eigenvalue weighted by molar-refractivity contribution is 7.99. The fourth-order valence-corrected chi connectivity index (χ4v) is 4.63. The number of thioether (sulfide) groups is 1. The number of hydrogen-bond acceptors (Lipinski definition) is 4. The average Bonchev–Trinajstić information content (AvgIpc) is 2.92. The summed E-state index contributed by atoms with van der Waals surface area (Å²) in [4.78, 5) is 16.6. The van der Waals surface area contributed by atoms with Crippen molar-refractivity contribution in [3.05, 3.63) is 34.9 Å². The summed E-state index contributed by atoms with van der Waals surface area (Å²) in [5.41, 5.74) is -3.54. The highest BCUT2D eigenvalue weighted by Crippen LogP contribution is 2.36. The number of ether oxygens (including phenoxy) is 1. The van der Waals surface area contributed by atoms with Gasteiger partial charge in [-0.2, -0.15) is 38.1 Å². The van der Waals surface area contributed by atoms with Gasteiger partial charge in [-0.25, -0.2) is 0 Å². The molecule has 1 atom stereocenters. The molecule has 2 heterocycles. The molecule has 0 aromatic heterocycles. The van der Waals surface area contributed by atoms with Gasteiger partial charge in [0.15, 0.2) is 0 Å². The first-order valence-corrected chi connectivity index (χ1v) is 10.7. The van der Waals surface area contributed by atoms with E-state index < -0.39 is 35.0 Å². The van der Waals surface area contributed by atoms with Crippen LogP contribution in [0.2, 0.25) is 0 Å². The highest BCUT2D eigenvalue weighted by atomic mass is 32.2. The smallest absolute Gasteiger partial charge is 0.379 e. The minimum absolute atomic E-state index is 0.0419. The number of amides is 1. The Morgan fingerprint density at radius 2 is 1.60 bits per heavy atom. The topological polar surface area (TPSA) is 32.8 Å². The Labute approximate surface area is 174 Å². The Hall–Kier alpha value is -1.46. The molecule has 0 aliphatic carbocycles. The van der Waals surface area contributed by atoms with E-state index >= 15 is 0 Å². The first-order valence-electron chi connectivity index (χ1n) is 9.54. The van der Waals surface area contributed by atoms with Crippen molar-refractivity contribution in [2.24, 2.45) is 0 Å². The van der Waals surface area contributed by atoms with E-state index in [-0.39, 0.29) is 12.1 Å². The average molecular weight is 456 g/mol. The SMILES string of the molecule is O=C(c1cc(C(F)(F)F)cc(C(F)(F)F)c1)N1CCCSCC1CN1CCOCC1. The van der Waals surface area contributed by atoms with Gasteiger partial charge in [0.25, 0.3) is 5.91 Å². The van der Waals surface area contributed by atoms with E-state index in [1.165, 1.54) is 4.90 Å². The maximum absolute atomic E-state index is 13.2. The lowest BCUT2D eigenvalue weighted by atomic mass is 10.0. The van der Waals surface area contributed by atoms with E-state index in [1.807, 2.05) is 0 Å². The Bertz CT molecular complexity index is 717. The van der Waals surface area contributed by atoms with Crippen molar-refractivity contribution in [3.63, 3.8) is 0 Å². The van der Waals surface area contributed by atoms with E-state index in [0.29, 0.717) is 63.7 Å². The lowest BCUT2D eigenvalue weighted by Gasteiger charge is -2.36. The second-order valence-electron chi connectivity index (χ2n) is 7.29. The van der Waals surface area contributed by atoms with Gasteiger partial charge in [-0.05, 0) is 30.4 Å². The van der Waals surface area contributed by atoms with Gasteiger partial charge in [0.05, 0.1) is 30.4 Å². The molecule has 11 heteroatoms. The number of benzene rings is 1. The van der Waals surface area contributed by atoms with Gasteiger partial charge in [0.2, 0.25) is 0 Å². The number of morpholine rings is 1. The number of nitrogens with zero attached hydrogens (tertiary/aromatic N) is 2. The summed E-state index contributed by atoms with van der Waals surface area (Å²) in [5, 5.41) is 0. The van der Waals surface area contributed by atoms with Crippen molar-refractivity contribution < 1.29 is 35.9 Å². The van der Waals surface area contributed by atoms with Gasteiger partial charge in [0, 0.05) is 37.5 Å². The minimum Gasteiger partial charge on any atom is -0.379 e. The number of carbonyl (C=O) groups is 1. The van der Waals surface area contributed by atoms with Crippen molar-refractivity contribution in [2.45, 2.75) is 24.8 Å². The third-order valence-electron chi connectivity index (χ3n) is 5.11. The molecule has 0 bridgehead atoms. The van der Waals surface area contributed by atoms with Crippen molar-refractivity contribution in [3.8, 4) is 0 Å². The van der Waals surface area contributed by atoms with Gasteiger partial charge >= 0.3 is 12.4 Å². The summed E-state index contributed by atoms with van der Waals surface area (Å²) in [5.74, 6) is 0.556. The van der Waals surface area contributed by atoms with Crippen LogP contribution < -0.4 is 0 Å². The highest BCUT2D eigenvalue weighted by Gasteiger charge is 2.38. The van der Waals surface area contributed by atoms with Crippen molar-refractivity contribution in [1.29, 1.82) is 0 Å². The maximum atomic E-state index is 13.2. The summed E-state index contributed by atoms with van der Waals surface area (Å²) in [6.07, 6.45) is -9.35. The van der Waals surface area contributed by atoms with E-state index in [1.54, 1.807) is 11.8 Å². The Morgan fingerprint density at radius 3 is 2.17 bits per heavy atom. The van der Waals surface area contributed by atoms with Crippen LogP contribution in [0.3, 0.4) is 0 Å². The van der Waals surface area contributed by atoms with Crippen LogP contribution in [-0.2, 0) is 17.1 Å². The third-order valence-corrected chi connectivity index (χ3v) is 6.30. The van der Waals surface area contributed by atoms with Crippen LogP contribution >= 0.6 is 11.8 Å². The molecule has 0 radical (unpaired) electrons. The molecule has 2 aliphatic heterocycles. The standard InChI is InChI=1S/C19H22F6N2O2S/c20-18(21,22)14-8-13(9-15(10-14)19(23,24)25)17(28)27-2-1-7-30-12-16(27)11-26-3-5-29-6-4-26/h8-10,16H,1-7,11-12H2. The zero-order valence-electron chi connectivity index (χ0n) is 16.1. The minimum atomic E-state index is -4.99. The second kappa shape index (κ2) is 9.35. The molecule has 30 heavy (non-hydrogen) atoms.